The van der Waals surface area contributed by atoms with E-state index in [2.05, 4.69) is 32.2 Å². The van der Waals surface area contributed by atoms with Gasteiger partial charge in [-0.2, -0.15) is 0 Å². The minimum absolute atomic E-state index is 0.0483. The van der Waals surface area contributed by atoms with Gasteiger partial charge >= 0.3 is 5.97 Å². The van der Waals surface area contributed by atoms with Crippen molar-refractivity contribution in [3.8, 4) is 0 Å². The summed E-state index contributed by atoms with van der Waals surface area (Å²) in [5, 5.41) is 23.6. The highest BCUT2D eigenvalue weighted by Crippen LogP contribution is 2.17. The van der Waals surface area contributed by atoms with E-state index in [-0.39, 0.29) is 24.9 Å². The Morgan fingerprint density at radius 3 is 1.42 bits per heavy atom. The van der Waals surface area contributed by atoms with Gasteiger partial charge in [0, 0.05) is 6.42 Å². The highest BCUT2D eigenvalue weighted by molar-refractivity contribution is 5.77. The SMILES string of the molecule is CC/C=C/C=C/C=C\C=C/C=C/CCCC(=O)OC(CCCCCCCCCC)CC(=O)NC(CO)C(O)CCCCCCCCCCCCCCCCC. The van der Waals surface area contributed by atoms with Gasteiger partial charge in [0.15, 0.2) is 0 Å². The molecule has 6 heteroatoms. The van der Waals surface area contributed by atoms with Gasteiger partial charge in [-0.3, -0.25) is 9.59 Å². The summed E-state index contributed by atoms with van der Waals surface area (Å²) in [6.45, 7) is 6.29. The lowest BCUT2D eigenvalue weighted by Gasteiger charge is -2.24. The number of carbonyl (C=O) groups excluding carboxylic acids is 2. The van der Waals surface area contributed by atoms with Gasteiger partial charge in [-0.05, 0) is 38.5 Å². The Bertz CT molecular complexity index is 999. The van der Waals surface area contributed by atoms with E-state index in [9.17, 15) is 19.8 Å². The van der Waals surface area contributed by atoms with Gasteiger partial charge in [0.2, 0.25) is 5.91 Å². The molecular weight excluding hydrogens is 683 g/mol. The van der Waals surface area contributed by atoms with Crippen molar-refractivity contribution in [2.75, 3.05) is 6.61 Å². The number of hydrogen-bond acceptors (Lipinski definition) is 5. The molecule has 0 aromatic rings. The van der Waals surface area contributed by atoms with Crippen LogP contribution in [0.15, 0.2) is 60.8 Å². The maximum atomic E-state index is 13.1. The van der Waals surface area contributed by atoms with Crippen LogP contribution in [0.1, 0.15) is 213 Å². The number of nitrogens with one attached hydrogen (secondary N) is 1. The Morgan fingerprint density at radius 1 is 0.545 bits per heavy atom. The Hall–Kier alpha value is -2.44. The minimum atomic E-state index is -0.798. The predicted molar refractivity (Wildman–Crippen MR) is 236 cm³/mol. The van der Waals surface area contributed by atoms with E-state index in [4.69, 9.17) is 4.74 Å². The maximum absolute atomic E-state index is 13.1. The molecule has 0 radical (unpaired) electrons. The lowest BCUT2D eigenvalue weighted by Crippen LogP contribution is -2.46. The molecule has 0 aliphatic heterocycles. The number of ether oxygens (including phenoxy) is 1. The monoisotopic (exact) mass is 770 g/mol. The molecule has 3 N–H and O–H groups in total. The molecule has 0 heterocycles. The van der Waals surface area contributed by atoms with Crippen molar-refractivity contribution in [1.29, 1.82) is 0 Å². The van der Waals surface area contributed by atoms with Crippen LogP contribution in [0.2, 0.25) is 0 Å². The van der Waals surface area contributed by atoms with Crippen LogP contribution >= 0.6 is 0 Å². The van der Waals surface area contributed by atoms with Gasteiger partial charge < -0.3 is 20.3 Å². The van der Waals surface area contributed by atoms with E-state index < -0.39 is 18.2 Å². The second-order valence-corrected chi connectivity index (χ2v) is 15.6. The lowest BCUT2D eigenvalue weighted by atomic mass is 10.0. The first-order valence-electron chi connectivity index (χ1n) is 23.1. The molecule has 0 rings (SSSR count). The molecule has 0 aromatic carbocycles. The Kier molecular flexibility index (Phi) is 40.8. The fourth-order valence-electron chi connectivity index (χ4n) is 6.75. The van der Waals surface area contributed by atoms with E-state index in [1.165, 1.54) is 109 Å². The summed E-state index contributed by atoms with van der Waals surface area (Å²) < 4.78 is 5.84. The molecule has 0 spiro atoms. The van der Waals surface area contributed by atoms with Crippen LogP contribution in [0, 0.1) is 0 Å². The molecule has 3 atom stereocenters. The van der Waals surface area contributed by atoms with Gasteiger partial charge in [0.25, 0.3) is 0 Å². The largest absolute Gasteiger partial charge is 0.462 e. The number of esters is 1. The summed E-state index contributed by atoms with van der Waals surface area (Å²) in [5.41, 5.74) is 0. The van der Waals surface area contributed by atoms with Crippen molar-refractivity contribution in [3.63, 3.8) is 0 Å². The molecule has 6 nitrogen and oxygen atoms in total. The average molecular weight is 770 g/mol. The number of hydrogen-bond donors (Lipinski definition) is 3. The third-order valence-corrected chi connectivity index (χ3v) is 10.2. The van der Waals surface area contributed by atoms with Gasteiger partial charge in [0.05, 0.1) is 25.2 Å². The molecule has 318 valence electrons. The van der Waals surface area contributed by atoms with Crippen LogP contribution in [0.25, 0.3) is 0 Å². The first-order chi connectivity index (χ1) is 27.0. The smallest absolute Gasteiger partial charge is 0.306 e. The second kappa shape index (κ2) is 42.7. The third kappa shape index (κ3) is 38.2. The minimum Gasteiger partial charge on any atom is -0.462 e. The predicted octanol–water partition coefficient (Wildman–Crippen LogP) is 13.3. The maximum Gasteiger partial charge on any atom is 0.306 e. The van der Waals surface area contributed by atoms with Crippen LogP contribution in [0.4, 0.5) is 0 Å². The van der Waals surface area contributed by atoms with Gasteiger partial charge in [0.1, 0.15) is 6.10 Å². The highest BCUT2D eigenvalue weighted by atomic mass is 16.5. The fourth-order valence-corrected chi connectivity index (χ4v) is 6.75. The number of aliphatic hydroxyl groups excluding tert-OH is 2. The molecule has 1 amide bonds. The zero-order valence-electron chi connectivity index (χ0n) is 36.0. The summed E-state index contributed by atoms with van der Waals surface area (Å²) in [6, 6.07) is -0.714. The van der Waals surface area contributed by atoms with Crippen molar-refractivity contribution in [2.45, 2.75) is 232 Å². The number of aliphatic hydroxyl groups is 2. The van der Waals surface area contributed by atoms with Gasteiger partial charge in [-0.25, -0.2) is 0 Å². The second-order valence-electron chi connectivity index (χ2n) is 15.6. The van der Waals surface area contributed by atoms with E-state index in [1.54, 1.807) is 0 Å². The zero-order chi connectivity index (χ0) is 40.3. The molecule has 55 heavy (non-hydrogen) atoms. The lowest BCUT2D eigenvalue weighted by molar-refractivity contribution is -0.151. The van der Waals surface area contributed by atoms with Crippen molar-refractivity contribution < 1.29 is 24.5 Å². The van der Waals surface area contributed by atoms with Crippen molar-refractivity contribution >= 4 is 11.9 Å². The normalized spacial score (nSPS) is 13.9. The van der Waals surface area contributed by atoms with Crippen molar-refractivity contribution in [1.82, 2.24) is 5.32 Å². The standard InChI is InChI=1S/C49H87NO5/c1-4-7-10-13-16-19-21-23-24-26-27-29-32-35-38-41-47(52)46(44-51)50-48(53)43-45(40-37-34-31-18-15-12-9-6-3)55-49(54)42-39-36-33-30-28-25-22-20-17-14-11-8-5-2/h8,11,14,17,20,22,25,28,30,33,45-47,51-52H,4-7,9-10,12-13,15-16,18-19,21,23-24,26-27,29,31-32,34-44H2,1-3H3,(H,50,53)/b11-8+,17-14+,22-20-,28-25-,33-30+. The topological polar surface area (TPSA) is 95.9 Å². The van der Waals surface area contributed by atoms with Crippen LogP contribution in [0.5, 0.6) is 0 Å². The molecule has 0 saturated carbocycles. The number of carbonyl (C=O) groups is 2. The number of rotatable bonds is 40. The third-order valence-electron chi connectivity index (χ3n) is 10.2. The van der Waals surface area contributed by atoms with Crippen LogP contribution < -0.4 is 5.32 Å². The summed E-state index contributed by atoms with van der Waals surface area (Å²) in [5.74, 6) is -0.566. The summed E-state index contributed by atoms with van der Waals surface area (Å²) in [6.07, 6.45) is 51.5. The Labute approximate surface area is 339 Å². The molecule has 0 aliphatic rings. The fraction of sp³-hybridized carbons (Fsp3) is 0.755. The Morgan fingerprint density at radius 2 is 0.964 bits per heavy atom. The highest BCUT2D eigenvalue weighted by Gasteiger charge is 2.24. The van der Waals surface area contributed by atoms with Crippen molar-refractivity contribution in [2.24, 2.45) is 0 Å². The molecule has 0 bridgehead atoms. The summed E-state index contributed by atoms with van der Waals surface area (Å²) >= 11 is 0. The quantitative estimate of drug-likeness (QED) is 0.0328. The number of allylic oxidation sites excluding steroid dienone is 10. The van der Waals surface area contributed by atoms with Gasteiger partial charge in [-0.1, -0.05) is 223 Å². The molecule has 0 aromatic heterocycles. The van der Waals surface area contributed by atoms with E-state index >= 15 is 0 Å². The van der Waals surface area contributed by atoms with E-state index in [0.29, 0.717) is 25.7 Å². The summed E-state index contributed by atoms with van der Waals surface area (Å²) in [7, 11) is 0. The van der Waals surface area contributed by atoms with Crippen LogP contribution in [-0.4, -0.2) is 46.9 Å². The number of amides is 1. The van der Waals surface area contributed by atoms with Gasteiger partial charge in [-0.15, -0.1) is 0 Å². The first-order valence-corrected chi connectivity index (χ1v) is 23.1. The molecular formula is C49H87NO5. The van der Waals surface area contributed by atoms with Crippen LogP contribution in [-0.2, 0) is 14.3 Å². The molecule has 0 aliphatic carbocycles. The average Bonchev–Trinajstić information content (AvgIpc) is 3.18. The molecule has 0 saturated heterocycles. The Balaban J connectivity index is 4.55. The molecule has 3 unspecified atom stereocenters. The first kappa shape index (κ1) is 52.6. The van der Waals surface area contributed by atoms with Crippen molar-refractivity contribution in [3.05, 3.63) is 60.8 Å². The van der Waals surface area contributed by atoms with E-state index in [1.807, 2.05) is 54.7 Å². The molecule has 0 fully saturated rings. The summed E-state index contributed by atoms with van der Waals surface area (Å²) in [4.78, 5) is 25.9. The number of unbranched alkanes of at least 4 members (excludes halogenated alkanes) is 22. The zero-order valence-corrected chi connectivity index (χ0v) is 36.0. The van der Waals surface area contributed by atoms with Crippen LogP contribution in [0.3, 0.4) is 0 Å². The van der Waals surface area contributed by atoms with E-state index in [0.717, 1.165) is 51.4 Å².